The summed E-state index contributed by atoms with van der Waals surface area (Å²) in [6.45, 7) is 6.42. The third kappa shape index (κ3) is 3.00. The van der Waals surface area contributed by atoms with E-state index in [1.54, 1.807) is 12.5 Å². The molecule has 25 heavy (non-hydrogen) atoms. The molecule has 0 amide bonds. The molecule has 0 aliphatic heterocycles. The molecule has 1 aromatic carbocycles. The zero-order chi connectivity index (χ0) is 17.4. The topological polar surface area (TPSA) is 55.6 Å². The van der Waals surface area contributed by atoms with Crippen molar-refractivity contribution in [2.45, 2.75) is 26.8 Å². The van der Waals surface area contributed by atoms with Gasteiger partial charge in [0, 0.05) is 17.4 Å². The Morgan fingerprint density at radius 3 is 2.80 bits per heavy atom. The predicted octanol–water partition coefficient (Wildman–Crippen LogP) is 4.91. The van der Waals surface area contributed by atoms with E-state index in [1.807, 2.05) is 46.2 Å². The fourth-order valence-corrected chi connectivity index (χ4v) is 4.07. The van der Waals surface area contributed by atoms with E-state index >= 15 is 0 Å². The van der Waals surface area contributed by atoms with Crippen molar-refractivity contribution in [3.63, 3.8) is 0 Å². The summed E-state index contributed by atoms with van der Waals surface area (Å²) in [4.78, 5) is 16.1. The monoisotopic (exact) mass is 351 g/mol. The van der Waals surface area contributed by atoms with Gasteiger partial charge in [-0.05, 0) is 50.6 Å². The van der Waals surface area contributed by atoms with Gasteiger partial charge in [-0.1, -0.05) is 12.1 Å². The van der Waals surface area contributed by atoms with Crippen LogP contribution < -0.4 is 5.32 Å². The first-order chi connectivity index (χ1) is 12.1. The summed E-state index contributed by atoms with van der Waals surface area (Å²) >= 11 is 1.82. The van der Waals surface area contributed by atoms with Crippen LogP contribution in [0.2, 0.25) is 0 Å². The summed E-state index contributed by atoms with van der Waals surface area (Å²) in [6, 6.07) is 12.3. The summed E-state index contributed by atoms with van der Waals surface area (Å²) in [7, 11) is 0. The highest BCUT2D eigenvalue weighted by atomic mass is 32.1. The fourth-order valence-electron chi connectivity index (χ4n) is 3.05. The minimum absolute atomic E-state index is 0. The van der Waals surface area contributed by atoms with Crippen LogP contribution in [0.3, 0.4) is 0 Å². The van der Waals surface area contributed by atoms with Gasteiger partial charge in [-0.25, -0.2) is 9.97 Å². The molecule has 0 aliphatic rings. The number of fused-ring (bicyclic) bond motifs is 1. The van der Waals surface area contributed by atoms with Gasteiger partial charge in [0.05, 0.1) is 17.1 Å². The lowest BCUT2D eigenvalue weighted by Gasteiger charge is -2.14. The van der Waals surface area contributed by atoms with Crippen molar-refractivity contribution in [1.82, 2.24) is 19.5 Å². The van der Waals surface area contributed by atoms with Gasteiger partial charge >= 0.3 is 0 Å². The second-order valence-electron chi connectivity index (χ2n) is 6.08. The molecule has 1 atom stereocenters. The number of thiophene rings is 1. The molecular formula is C19H21N5S. The van der Waals surface area contributed by atoms with Crippen LogP contribution in [0.15, 0.2) is 48.9 Å². The summed E-state index contributed by atoms with van der Waals surface area (Å²) in [6.07, 6.45) is 3.57. The van der Waals surface area contributed by atoms with Crippen LogP contribution in [0.25, 0.3) is 16.9 Å². The Kier molecular flexibility index (Phi) is 3.97. The molecule has 0 bridgehead atoms. The maximum absolute atomic E-state index is 4.67. The first-order valence-corrected chi connectivity index (χ1v) is 9.02. The van der Waals surface area contributed by atoms with Crippen molar-refractivity contribution >= 4 is 28.3 Å². The summed E-state index contributed by atoms with van der Waals surface area (Å²) in [5, 5.41) is 3.41. The van der Waals surface area contributed by atoms with E-state index in [4.69, 9.17) is 0 Å². The molecule has 0 spiro atoms. The number of benzene rings is 1. The Balaban J connectivity index is 0.00000196. The Bertz CT molecular complexity index is 1040. The quantitative estimate of drug-likeness (QED) is 0.567. The van der Waals surface area contributed by atoms with Gasteiger partial charge < -0.3 is 5.32 Å². The summed E-state index contributed by atoms with van der Waals surface area (Å²) in [5.74, 6) is 1.42. The molecule has 0 fully saturated rings. The van der Waals surface area contributed by atoms with Crippen molar-refractivity contribution in [2.24, 2.45) is 0 Å². The average Bonchev–Trinajstić information content (AvgIpc) is 3.18. The summed E-state index contributed by atoms with van der Waals surface area (Å²) in [5.41, 5.74) is 3.28. The van der Waals surface area contributed by atoms with Crippen molar-refractivity contribution < 1.29 is 1.43 Å². The normalized spacial score (nSPS) is 12.4. The van der Waals surface area contributed by atoms with Crippen LogP contribution in [0, 0.1) is 13.8 Å². The number of nitrogens with one attached hydrogen (secondary N) is 1. The highest BCUT2D eigenvalue weighted by molar-refractivity contribution is 7.12. The van der Waals surface area contributed by atoms with E-state index in [0.717, 1.165) is 16.9 Å². The number of anilines is 1. The Morgan fingerprint density at radius 2 is 2.00 bits per heavy atom. The largest absolute Gasteiger partial charge is 0.348 e. The fraction of sp³-hybridized carbons (Fsp3) is 0.211. The van der Waals surface area contributed by atoms with E-state index < -0.39 is 0 Å². The van der Waals surface area contributed by atoms with Crippen molar-refractivity contribution in [3.05, 3.63) is 64.2 Å². The molecule has 0 aliphatic carbocycles. The molecule has 4 aromatic rings. The van der Waals surface area contributed by atoms with Gasteiger partial charge in [0.2, 0.25) is 5.95 Å². The minimum Gasteiger partial charge on any atom is -0.348 e. The third-order valence-electron chi connectivity index (χ3n) is 4.23. The molecule has 1 N–H and O–H groups in total. The van der Waals surface area contributed by atoms with E-state index in [0.29, 0.717) is 5.95 Å². The van der Waals surface area contributed by atoms with Gasteiger partial charge in [0.1, 0.15) is 12.1 Å². The summed E-state index contributed by atoms with van der Waals surface area (Å²) < 4.78 is 1.98. The molecule has 4 rings (SSSR count). The average molecular weight is 351 g/mol. The number of imidazole rings is 1. The molecule has 3 aromatic heterocycles. The molecule has 0 radical (unpaired) electrons. The molecule has 128 valence electrons. The first-order valence-electron chi connectivity index (χ1n) is 8.21. The number of para-hydroxylation sites is 2. The maximum atomic E-state index is 4.67. The Morgan fingerprint density at radius 1 is 1.16 bits per heavy atom. The van der Waals surface area contributed by atoms with E-state index in [2.05, 4.69) is 47.1 Å². The van der Waals surface area contributed by atoms with E-state index in [9.17, 15) is 0 Å². The molecular weight excluding hydrogens is 330 g/mol. The zero-order valence-corrected chi connectivity index (χ0v) is 15.2. The predicted molar refractivity (Wildman–Crippen MR) is 105 cm³/mol. The molecule has 1 unspecified atom stereocenters. The lowest BCUT2D eigenvalue weighted by molar-refractivity contribution is 0.852. The maximum Gasteiger partial charge on any atom is 0.225 e. The van der Waals surface area contributed by atoms with Crippen LogP contribution in [-0.4, -0.2) is 19.5 Å². The van der Waals surface area contributed by atoms with Crippen LogP contribution in [0.4, 0.5) is 5.95 Å². The van der Waals surface area contributed by atoms with Crippen molar-refractivity contribution in [1.29, 1.82) is 0 Å². The molecule has 0 saturated heterocycles. The minimum atomic E-state index is 0. The number of rotatable bonds is 4. The highest BCUT2D eigenvalue weighted by Gasteiger charge is 2.13. The smallest absolute Gasteiger partial charge is 0.225 e. The van der Waals surface area contributed by atoms with Crippen molar-refractivity contribution in [3.8, 4) is 5.82 Å². The van der Waals surface area contributed by atoms with E-state index in [1.165, 1.54) is 15.3 Å². The lowest BCUT2D eigenvalue weighted by atomic mass is 10.1. The van der Waals surface area contributed by atoms with E-state index in [-0.39, 0.29) is 7.47 Å². The SMILES string of the molecule is Cc1cc(C(C)Nc2nccc(-n3cnc4ccccc43)n2)c(C)s1.[HH]. The van der Waals surface area contributed by atoms with Crippen LogP contribution in [0.1, 0.15) is 29.7 Å². The van der Waals surface area contributed by atoms with Crippen LogP contribution in [0.5, 0.6) is 0 Å². The lowest BCUT2D eigenvalue weighted by Crippen LogP contribution is -2.10. The number of nitrogens with zero attached hydrogens (tertiary/aromatic N) is 4. The zero-order valence-electron chi connectivity index (χ0n) is 14.4. The number of aryl methyl sites for hydroxylation is 2. The first kappa shape index (κ1) is 15.8. The van der Waals surface area contributed by atoms with Crippen LogP contribution >= 0.6 is 11.3 Å². The Hall–Kier alpha value is -2.73. The van der Waals surface area contributed by atoms with Gasteiger partial charge in [-0.2, -0.15) is 4.98 Å². The molecule has 3 heterocycles. The molecule has 6 heteroatoms. The molecule has 5 nitrogen and oxygen atoms in total. The van der Waals surface area contributed by atoms with Crippen LogP contribution in [-0.2, 0) is 0 Å². The Labute approximate surface area is 151 Å². The second kappa shape index (κ2) is 6.29. The van der Waals surface area contributed by atoms with Gasteiger partial charge in [0.15, 0.2) is 0 Å². The number of hydrogen-bond donors (Lipinski definition) is 1. The van der Waals surface area contributed by atoms with Crippen molar-refractivity contribution in [2.75, 3.05) is 5.32 Å². The third-order valence-corrected chi connectivity index (χ3v) is 5.21. The van der Waals surface area contributed by atoms with Gasteiger partial charge in [0.25, 0.3) is 0 Å². The molecule has 0 saturated carbocycles. The standard InChI is InChI=1S/C19H19N5S.H2/c1-12-10-15(14(3)25-12)13(2)22-19-20-9-8-18(23-19)24-11-21-16-6-4-5-7-17(16)24;/h4-11,13H,1-3H3,(H,20,22,23);1H. The second-order valence-corrected chi connectivity index (χ2v) is 7.54. The van der Waals surface area contributed by atoms with Gasteiger partial charge in [-0.15, -0.1) is 11.3 Å². The highest BCUT2D eigenvalue weighted by Crippen LogP contribution is 2.28. The van der Waals surface area contributed by atoms with Gasteiger partial charge in [-0.3, -0.25) is 4.57 Å². The number of hydrogen-bond acceptors (Lipinski definition) is 5. The number of aromatic nitrogens is 4.